The molecule has 1 saturated carbocycles. The highest BCUT2D eigenvalue weighted by atomic mass is 79.9. The summed E-state index contributed by atoms with van der Waals surface area (Å²) in [4.78, 5) is 28.7. The number of benzene rings is 1. The van der Waals surface area contributed by atoms with Crippen LogP contribution in [0.4, 0.5) is 5.69 Å². The van der Waals surface area contributed by atoms with Crippen LogP contribution in [-0.2, 0) is 0 Å². The van der Waals surface area contributed by atoms with Crippen molar-refractivity contribution in [3.8, 4) is 0 Å². The topological polar surface area (TPSA) is 71.1 Å². The Morgan fingerprint density at radius 3 is 2.58 bits per heavy atom. The van der Waals surface area contributed by atoms with Crippen molar-refractivity contribution < 1.29 is 9.59 Å². The van der Waals surface area contributed by atoms with Gasteiger partial charge in [-0.15, -0.1) is 0 Å². The SMILES string of the molecule is O=C(NC1CCCC1)c1ccnc(C(=O)Nc2ccccc2Br)c1. The molecule has 24 heavy (non-hydrogen) atoms. The van der Waals surface area contributed by atoms with Crippen LogP contribution in [-0.4, -0.2) is 22.8 Å². The Kier molecular flexibility index (Phi) is 5.25. The molecule has 1 aliphatic rings. The molecule has 6 heteroatoms. The minimum atomic E-state index is -0.350. The van der Waals surface area contributed by atoms with E-state index < -0.39 is 0 Å². The van der Waals surface area contributed by atoms with Crippen molar-refractivity contribution in [2.24, 2.45) is 0 Å². The highest BCUT2D eigenvalue weighted by Gasteiger charge is 2.19. The lowest BCUT2D eigenvalue weighted by Gasteiger charge is -2.12. The molecule has 0 spiro atoms. The van der Waals surface area contributed by atoms with Gasteiger partial charge < -0.3 is 10.6 Å². The fraction of sp³-hybridized carbons (Fsp3) is 0.278. The van der Waals surface area contributed by atoms with Crippen molar-refractivity contribution in [1.29, 1.82) is 0 Å². The van der Waals surface area contributed by atoms with E-state index in [1.165, 1.54) is 12.3 Å². The maximum Gasteiger partial charge on any atom is 0.274 e. The molecule has 1 heterocycles. The molecule has 0 radical (unpaired) electrons. The summed E-state index contributed by atoms with van der Waals surface area (Å²) in [5, 5.41) is 5.80. The minimum absolute atomic E-state index is 0.153. The van der Waals surface area contributed by atoms with E-state index in [4.69, 9.17) is 0 Å². The van der Waals surface area contributed by atoms with Crippen LogP contribution in [0.2, 0.25) is 0 Å². The molecule has 2 aromatic rings. The molecule has 2 N–H and O–H groups in total. The molecule has 124 valence electrons. The second-order valence-electron chi connectivity index (χ2n) is 5.82. The number of pyridine rings is 1. The largest absolute Gasteiger partial charge is 0.349 e. The van der Waals surface area contributed by atoms with Gasteiger partial charge in [-0.3, -0.25) is 14.6 Å². The maximum absolute atomic E-state index is 12.4. The molecule has 1 aromatic carbocycles. The van der Waals surface area contributed by atoms with Crippen LogP contribution >= 0.6 is 15.9 Å². The van der Waals surface area contributed by atoms with Crippen LogP contribution in [0.3, 0.4) is 0 Å². The van der Waals surface area contributed by atoms with Crippen LogP contribution in [0.5, 0.6) is 0 Å². The third-order valence-corrected chi connectivity index (χ3v) is 4.76. The predicted octanol–water partition coefficient (Wildman–Crippen LogP) is 3.77. The molecule has 1 aromatic heterocycles. The van der Waals surface area contributed by atoms with Crippen LogP contribution in [0.25, 0.3) is 0 Å². The summed E-state index contributed by atoms with van der Waals surface area (Å²) in [6, 6.07) is 10.7. The van der Waals surface area contributed by atoms with Crippen molar-refractivity contribution >= 4 is 33.4 Å². The number of nitrogens with zero attached hydrogens (tertiary/aromatic N) is 1. The number of para-hydroxylation sites is 1. The summed E-state index contributed by atoms with van der Waals surface area (Å²) in [5.74, 6) is -0.503. The summed E-state index contributed by atoms with van der Waals surface area (Å²) < 4.78 is 0.786. The first-order chi connectivity index (χ1) is 11.6. The van der Waals surface area contributed by atoms with E-state index in [0.29, 0.717) is 11.3 Å². The van der Waals surface area contributed by atoms with Crippen molar-refractivity contribution in [2.75, 3.05) is 5.32 Å². The minimum Gasteiger partial charge on any atom is -0.349 e. The van der Waals surface area contributed by atoms with E-state index in [1.54, 1.807) is 12.1 Å². The third kappa shape index (κ3) is 4.00. The number of carbonyl (C=O) groups excluding carboxylic acids is 2. The molecule has 5 nitrogen and oxygen atoms in total. The molecule has 0 unspecified atom stereocenters. The zero-order valence-corrected chi connectivity index (χ0v) is 14.7. The number of hydrogen-bond donors (Lipinski definition) is 2. The number of halogens is 1. The smallest absolute Gasteiger partial charge is 0.274 e. The van der Waals surface area contributed by atoms with Gasteiger partial charge in [0.2, 0.25) is 0 Å². The zero-order valence-electron chi connectivity index (χ0n) is 13.1. The number of rotatable bonds is 4. The Morgan fingerprint density at radius 1 is 1.08 bits per heavy atom. The lowest BCUT2D eigenvalue weighted by molar-refractivity contribution is 0.0937. The summed E-state index contributed by atoms with van der Waals surface area (Å²) in [7, 11) is 0. The quantitative estimate of drug-likeness (QED) is 0.838. The van der Waals surface area contributed by atoms with Gasteiger partial charge in [0.1, 0.15) is 5.69 Å². The first kappa shape index (κ1) is 16.6. The van der Waals surface area contributed by atoms with Crippen molar-refractivity contribution in [3.05, 3.63) is 58.3 Å². The average Bonchev–Trinajstić information content (AvgIpc) is 3.10. The highest BCUT2D eigenvalue weighted by Crippen LogP contribution is 2.22. The van der Waals surface area contributed by atoms with Gasteiger partial charge in [0.15, 0.2) is 0 Å². The molecule has 2 amide bonds. The van der Waals surface area contributed by atoms with Gasteiger partial charge in [-0.05, 0) is 53.0 Å². The van der Waals surface area contributed by atoms with E-state index in [2.05, 4.69) is 31.5 Å². The molecule has 0 atom stereocenters. The third-order valence-electron chi connectivity index (χ3n) is 4.07. The first-order valence-corrected chi connectivity index (χ1v) is 8.75. The van der Waals surface area contributed by atoms with Gasteiger partial charge in [0.05, 0.1) is 5.69 Å². The monoisotopic (exact) mass is 387 g/mol. The fourth-order valence-corrected chi connectivity index (χ4v) is 3.17. The highest BCUT2D eigenvalue weighted by molar-refractivity contribution is 9.10. The van der Waals surface area contributed by atoms with Crippen LogP contribution < -0.4 is 10.6 Å². The van der Waals surface area contributed by atoms with E-state index in [0.717, 1.165) is 30.2 Å². The van der Waals surface area contributed by atoms with Gasteiger partial charge in [0.25, 0.3) is 11.8 Å². The lowest BCUT2D eigenvalue weighted by Crippen LogP contribution is -2.32. The normalized spacial score (nSPS) is 14.4. The zero-order chi connectivity index (χ0) is 16.9. The van der Waals surface area contributed by atoms with Crippen LogP contribution in [0, 0.1) is 0 Å². The van der Waals surface area contributed by atoms with Crippen molar-refractivity contribution in [3.63, 3.8) is 0 Å². The summed E-state index contributed by atoms with van der Waals surface area (Å²) in [5.41, 5.74) is 1.32. The molecule has 0 aliphatic heterocycles. The molecule has 1 fully saturated rings. The molecular formula is C18H18BrN3O2. The summed E-state index contributed by atoms with van der Waals surface area (Å²) in [6.07, 6.45) is 5.83. The number of nitrogens with one attached hydrogen (secondary N) is 2. The number of carbonyl (C=O) groups is 2. The van der Waals surface area contributed by atoms with E-state index in [-0.39, 0.29) is 23.6 Å². The fourth-order valence-electron chi connectivity index (χ4n) is 2.78. The van der Waals surface area contributed by atoms with E-state index in [1.807, 2.05) is 18.2 Å². The van der Waals surface area contributed by atoms with E-state index >= 15 is 0 Å². The summed E-state index contributed by atoms with van der Waals surface area (Å²) in [6.45, 7) is 0. The van der Waals surface area contributed by atoms with Gasteiger partial charge in [-0.25, -0.2) is 0 Å². The van der Waals surface area contributed by atoms with E-state index in [9.17, 15) is 9.59 Å². The maximum atomic E-state index is 12.4. The van der Waals surface area contributed by atoms with Crippen molar-refractivity contribution in [2.45, 2.75) is 31.7 Å². The molecule has 1 aliphatic carbocycles. The Bertz CT molecular complexity index is 757. The Balaban J connectivity index is 1.71. The lowest BCUT2D eigenvalue weighted by atomic mass is 10.1. The van der Waals surface area contributed by atoms with Gasteiger partial charge in [-0.2, -0.15) is 0 Å². The number of aromatic nitrogens is 1. The Labute approximate surface area is 149 Å². The molecule has 0 bridgehead atoms. The second-order valence-corrected chi connectivity index (χ2v) is 6.67. The van der Waals surface area contributed by atoms with Crippen LogP contribution in [0.1, 0.15) is 46.5 Å². The van der Waals surface area contributed by atoms with Gasteiger partial charge >= 0.3 is 0 Å². The van der Waals surface area contributed by atoms with Gasteiger partial charge in [0, 0.05) is 22.3 Å². The Morgan fingerprint density at radius 2 is 1.83 bits per heavy atom. The molecule has 3 rings (SSSR count). The molecular weight excluding hydrogens is 370 g/mol. The number of anilines is 1. The standard InChI is InChI=1S/C18H18BrN3O2/c19-14-7-3-4-8-15(14)22-18(24)16-11-12(9-10-20-16)17(23)21-13-5-1-2-6-13/h3-4,7-11,13H,1-2,5-6H2,(H,21,23)(H,22,24). The summed E-state index contributed by atoms with van der Waals surface area (Å²) >= 11 is 3.38. The predicted molar refractivity (Wildman–Crippen MR) is 96.1 cm³/mol. The van der Waals surface area contributed by atoms with Crippen molar-refractivity contribution in [1.82, 2.24) is 10.3 Å². The Hall–Kier alpha value is -2.21. The van der Waals surface area contributed by atoms with Gasteiger partial charge in [-0.1, -0.05) is 25.0 Å². The average molecular weight is 388 g/mol. The second kappa shape index (κ2) is 7.57. The number of amides is 2. The molecule has 0 saturated heterocycles. The number of hydrogen-bond acceptors (Lipinski definition) is 3. The first-order valence-electron chi connectivity index (χ1n) is 7.96. The van der Waals surface area contributed by atoms with Crippen LogP contribution in [0.15, 0.2) is 47.1 Å².